The molecule has 0 spiro atoms. The van der Waals surface area contributed by atoms with Gasteiger partial charge in [-0.05, 0) is 41.8 Å². The summed E-state index contributed by atoms with van der Waals surface area (Å²) < 4.78 is 16.7. The van der Waals surface area contributed by atoms with Gasteiger partial charge in [0.25, 0.3) is 0 Å². The predicted molar refractivity (Wildman–Crippen MR) is 133 cm³/mol. The number of benzene rings is 2. The third-order valence-electron chi connectivity index (χ3n) is 6.31. The number of aryl methyl sites for hydroxylation is 1. The summed E-state index contributed by atoms with van der Waals surface area (Å²) in [5.41, 5.74) is 6.36. The molecule has 4 rings (SSSR count). The number of nitrogens with two attached hydrogens (primary N) is 1. The lowest BCUT2D eigenvalue weighted by molar-refractivity contribution is -0.128. The SMILES string of the molecule is CCC(C)C(NC(=O)Cc1c(-c2ccc3cc(OC)ccc3c2)oc2cc(C)oc(=O)c12)C(N)=O. The Bertz CT molecular complexity index is 1480. The highest BCUT2D eigenvalue weighted by atomic mass is 16.5. The van der Waals surface area contributed by atoms with Crippen molar-refractivity contribution in [3.63, 3.8) is 0 Å². The average molecular weight is 477 g/mol. The van der Waals surface area contributed by atoms with Crippen molar-refractivity contribution < 1.29 is 23.2 Å². The maximum atomic E-state index is 13.0. The monoisotopic (exact) mass is 476 g/mol. The number of ether oxygens (including phenoxy) is 1. The molecular formula is C27H28N2O6. The van der Waals surface area contributed by atoms with Crippen molar-refractivity contribution in [2.45, 2.75) is 39.7 Å². The molecule has 0 radical (unpaired) electrons. The predicted octanol–water partition coefficient (Wildman–Crippen LogP) is 4.08. The molecule has 2 unspecified atom stereocenters. The second-order valence-corrected chi connectivity index (χ2v) is 8.73. The first-order valence-corrected chi connectivity index (χ1v) is 11.4. The van der Waals surface area contributed by atoms with Crippen molar-refractivity contribution in [2.24, 2.45) is 11.7 Å². The van der Waals surface area contributed by atoms with Crippen LogP contribution in [0.25, 0.3) is 33.1 Å². The Kier molecular flexibility index (Phi) is 6.64. The quantitative estimate of drug-likeness (QED) is 0.395. The molecule has 0 aliphatic carbocycles. The molecule has 3 N–H and O–H groups in total. The molecule has 8 nitrogen and oxygen atoms in total. The molecule has 0 aliphatic heterocycles. The van der Waals surface area contributed by atoms with Gasteiger partial charge in [0.15, 0.2) is 0 Å². The summed E-state index contributed by atoms with van der Waals surface area (Å²) in [5, 5.41) is 4.83. The molecule has 8 heteroatoms. The molecule has 182 valence electrons. The van der Waals surface area contributed by atoms with Crippen LogP contribution in [0.2, 0.25) is 0 Å². The van der Waals surface area contributed by atoms with Gasteiger partial charge in [-0.15, -0.1) is 0 Å². The number of primary amides is 1. The zero-order valence-corrected chi connectivity index (χ0v) is 20.1. The standard InChI is InChI=1S/C27H28N2O6/c1-5-14(2)24(26(28)31)29-22(30)13-20-23-21(10-15(3)34-27(23)32)35-25(20)18-7-6-17-12-19(33-4)9-8-16(17)11-18/h6-12,14,24H,5,13H2,1-4H3,(H2,28,31)(H,29,30). The normalized spacial score (nSPS) is 13.0. The molecule has 4 aromatic rings. The summed E-state index contributed by atoms with van der Waals surface area (Å²) in [5.74, 6) is 0.348. The van der Waals surface area contributed by atoms with Crippen LogP contribution in [0.5, 0.6) is 5.75 Å². The van der Waals surface area contributed by atoms with E-state index in [-0.39, 0.29) is 17.7 Å². The Balaban J connectivity index is 1.80. The van der Waals surface area contributed by atoms with Crippen molar-refractivity contribution >= 4 is 33.6 Å². The van der Waals surface area contributed by atoms with Crippen LogP contribution in [0.3, 0.4) is 0 Å². The Hall–Kier alpha value is -4.07. The summed E-state index contributed by atoms with van der Waals surface area (Å²) in [4.78, 5) is 37.7. The molecule has 0 fully saturated rings. The van der Waals surface area contributed by atoms with E-state index in [4.69, 9.17) is 19.3 Å². The van der Waals surface area contributed by atoms with Crippen LogP contribution in [-0.4, -0.2) is 25.0 Å². The topological polar surface area (TPSA) is 125 Å². The lowest BCUT2D eigenvalue weighted by atomic mass is 9.97. The van der Waals surface area contributed by atoms with Crippen LogP contribution in [0.15, 0.2) is 56.1 Å². The summed E-state index contributed by atoms with van der Waals surface area (Å²) in [6.07, 6.45) is 0.482. The molecule has 2 heterocycles. The van der Waals surface area contributed by atoms with Gasteiger partial charge < -0.3 is 24.6 Å². The van der Waals surface area contributed by atoms with E-state index in [1.807, 2.05) is 50.2 Å². The smallest absolute Gasteiger partial charge is 0.347 e. The fourth-order valence-corrected chi connectivity index (χ4v) is 4.23. The number of furan rings is 1. The van der Waals surface area contributed by atoms with Crippen LogP contribution in [0.4, 0.5) is 0 Å². The van der Waals surface area contributed by atoms with Crippen LogP contribution in [-0.2, 0) is 16.0 Å². The molecule has 2 aromatic carbocycles. The van der Waals surface area contributed by atoms with Crippen molar-refractivity contribution in [3.8, 4) is 17.1 Å². The Labute approximate surface area is 202 Å². The third-order valence-corrected chi connectivity index (χ3v) is 6.31. The second-order valence-electron chi connectivity index (χ2n) is 8.73. The van der Waals surface area contributed by atoms with E-state index in [9.17, 15) is 14.4 Å². The zero-order chi connectivity index (χ0) is 25.3. The molecular weight excluding hydrogens is 448 g/mol. The van der Waals surface area contributed by atoms with E-state index < -0.39 is 23.5 Å². The van der Waals surface area contributed by atoms with Crippen LogP contribution in [0, 0.1) is 12.8 Å². The highest BCUT2D eigenvalue weighted by Gasteiger charge is 2.27. The maximum Gasteiger partial charge on any atom is 0.347 e. The van der Waals surface area contributed by atoms with E-state index in [1.165, 1.54) is 0 Å². The largest absolute Gasteiger partial charge is 0.497 e. The molecule has 0 saturated carbocycles. The lowest BCUT2D eigenvalue weighted by Gasteiger charge is -2.21. The van der Waals surface area contributed by atoms with Crippen molar-refractivity contribution in [1.29, 1.82) is 0 Å². The van der Waals surface area contributed by atoms with E-state index >= 15 is 0 Å². The van der Waals surface area contributed by atoms with Crippen molar-refractivity contribution in [1.82, 2.24) is 5.32 Å². The minimum atomic E-state index is -0.816. The molecule has 2 atom stereocenters. The van der Waals surface area contributed by atoms with Gasteiger partial charge in [0.2, 0.25) is 11.8 Å². The van der Waals surface area contributed by atoms with Gasteiger partial charge in [0.1, 0.15) is 34.3 Å². The molecule has 0 bridgehead atoms. The van der Waals surface area contributed by atoms with Gasteiger partial charge in [0, 0.05) is 17.2 Å². The van der Waals surface area contributed by atoms with Gasteiger partial charge in [-0.25, -0.2) is 4.79 Å². The van der Waals surface area contributed by atoms with Gasteiger partial charge in [-0.2, -0.15) is 0 Å². The first-order valence-electron chi connectivity index (χ1n) is 11.4. The number of nitrogens with one attached hydrogen (secondary N) is 1. The number of hydrogen-bond acceptors (Lipinski definition) is 6. The fraction of sp³-hybridized carbons (Fsp3) is 0.296. The molecule has 2 amide bonds. The zero-order valence-electron chi connectivity index (χ0n) is 20.1. The Morgan fingerprint density at radius 2 is 1.80 bits per heavy atom. The van der Waals surface area contributed by atoms with Crippen molar-refractivity contribution in [3.05, 3.63) is 64.2 Å². The minimum absolute atomic E-state index is 0.137. The first-order chi connectivity index (χ1) is 16.7. The number of hydrogen-bond donors (Lipinski definition) is 2. The van der Waals surface area contributed by atoms with Crippen LogP contribution in [0.1, 0.15) is 31.6 Å². The number of carbonyl (C=O) groups excluding carboxylic acids is 2. The molecule has 0 aliphatic rings. The molecule has 0 saturated heterocycles. The van der Waals surface area contributed by atoms with E-state index in [0.717, 1.165) is 16.5 Å². The summed E-state index contributed by atoms with van der Waals surface area (Å²) in [6, 6.07) is 12.2. The molecule has 35 heavy (non-hydrogen) atoms. The van der Waals surface area contributed by atoms with Gasteiger partial charge in [-0.3, -0.25) is 9.59 Å². The van der Waals surface area contributed by atoms with Crippen LogP contribution >= 0.6 is 0 Å². The van der Waals surface area contributed by atoms with E-state index in [0.29, 0.717) is 34.7 Å². The van der Waals surface area contributed by atoms with Crippen molar-refractivity contribution in [2.75, 3.05) is 7.11 Å². The van der Waals surface area contributed by atoms with Gasteiger partial charge in [-0.1, -0.05) is 38.5 Å². The Morgan fingerprint density at radius 1 is 1.09 bits per heavy atom. The van der Waals surface area contributed by atoms with Gasteiger partial charge >= 0.3 is 5.63 Å². The van der Waals surface area contributed by atoms with Gasteiger partial charge in [0.05, 0.1) is 13.5 Å². The third kappa shape index (κ3) is 4.77. The van der Waals surface area contributed by atoms with E-state index in [1.54, 1.807) is 20.1 Å². The number of amides is 2. The lowest BCUT2D eigenvalue weighted by Crippen LogP contribution is -2.48. The number of methoxy groups -OCH3 is 1. The first kappa shape index (κ1) is 24.1. The maximum absolute atomic E-state index is 13.0. The van der Waals surface area contributed by atoms with E-state index in [2.05, 4.69) is 5.32 Å². The fourth-order valence-electron chi connectivity index (χ4n) is 4.23. The molecule has 2 aromatic heterocycles. The Morgan fingerprint density at radius 3 is 2.49 bits per heavy atom. The number of carbonyl (C=O) groups is 2. The highest BCUT2D eigenvalue weighted by Crippen LogP contribution is 2.35. The number of rotatable bonds is 8. The highest BCUT2D eigenvalue weighted by molar-refractivity contribution is 5.96. The average Bonchev–Trinajstić information content (AvgIpc) is 3.19. The summed E-state index contributed by atoms with van der Waals surface area (Å²) >= 11 is 0. The number of fused-ring (bicyclic) bond motifs is 2. The minimum Gasteiger partial charge on any atom is -0.497 e. The summed E-state index contributed by atoms with van der Waals surface area (Å²) in [6.45, 7) is 5.41. The van der Waals surface area contributed by atoms with Crippen LogP contribution < -0.4 is 21.4 Å². The summed E-state index contributed by atoms with van der Waals surface area (Å²) in [7, 11) is 1.61. The second kappa shape index (κ2) is 9.66.